The zero-order chi connectivity index (χ0) is 9.97. The summed E-state index contributed by atoms with van der Waals surface area (Å²) in [6.07, 6.45) is 3.81. The van der Waals surface area contributed by atoms with Gasteiger partial charge in [0.1, 0.15) is 6.33 Å². The average Bonchev–Trinajstić information content (AvgIpc) is 2.65. The van der Waals surface area contributed by atoms with Gasteiger partial charge in [0.15, 0.2) is 12.1 Å². The zero-order valence-corrected chi connectivity index (χ0v) is 8.55. The zero-order valence-electron chi connectivity index (χ0n) is 6.96. The summed E-state index contributed by atoms with van der Waals surface area (Å²) in [7, 11) is 0. The van der Waals surface area contributed by atoms with Crippen molar-refractivity contribution in [1.82, 2.24) is 19.7 Å². The summed E-state index contributed by atoms with van der Waals surface area (Å²) in [4.78, 5) is 18.6. The molecule has 2 rings (SSSR count). The molecule has 0 unspecified atom stereocenters. The molecule has 0 radical (unpaired) electrons. The second-order valence-electron chi connectivity index (χ2n) is 2.49. The predicted molar refractivity (Wildman–Crippen MR) is 52.2 cm³/mol. The quantitative estimate of drug-likeness (QED) is 0.755. The van der Waals surface area contributed by atoms with E-state index in [-0.39, 0.29) is 0 Å². The third kappa shape index (κ3) is 1.56. The molecule has 0 amide bonds. The van der Waals surface area contributed by atoms with Crippen LogP contribution in [0.15, 0.2) is 29.4 Å². The first-order chi connectivity index (χ1) is 6.81. The molecule has 5 nitrogen and oxygen atoms in total. The Bertz CT molecular complexity index is 468. The van der Waals surface area contributed by atoms with Gasteiger partial charge in [0.2, 0.25) is 4.73 Å². The Morgan fingerprint density at radius 1 is 1.43 bits per heavy atom. The Morgan fingerprint density at radius 2 is 2.29 bits per heavy atom. The van der Waals surface area contributed by atoms with E-state index in [1.165, 1.54) is 11.0 Å². The van der Waals surface area contributed by atoms with Crippen molar-refractivity contribution in [3.05, 3.63) is 35.0 Å². The lowest BCUT2D eigenvalue weighted by Crippen LogP contribution is -2.02. The van der Waals surface area contributed by atoms with Crippen molar-refractivity contribution in [2.75, 3.05) is 0 Å². The number of pyridine rings is 1. The summed E-state index contributed by atoms with van der Waals surface area (Å²) in [5, 5.41) is 3.99. The summed E-state index contributed by atoms with van der Waals surface area (Å²) in [5.41, 5.74) is 0.477. The van der Waals surface area contributed by atoms with Gasteiger partial charge in [-0.1, -0.05) is 0 Å². The summed E-state index contributed by atoms with van der Waals surface area (Å²) >= 11 is 3.12. The van der Waals surface area contributed by atoms with E-state index in [0.29, 0.717) is 16.1 Å². The van der Waals surface area contributed by atoms with Gasteiger partial charge in [-0.25, -0.2) is 14.6 Å². The fourth-order valence-electron chi connectivity index (χ4n) is 1.04. The lowest BCUT2D eigenvalue weighted by Gasteiger charge is -2.00. The number of aldehydes is 1. The average molecular weight is 253 g/mol. The highest BCUT2D eigenvalue weighted by Crippen LogP contribution is 2.09. The number of carbonyl (C=O) groups is 1. The highest BCUT2D eigenvalue weighted by Gasteiger charge is 2.06. The van der Waals surface area contributed by atoms with Gasteiger partial charge in [-0.3, -0.25) is 4.79 Å². The van der Waals surface area contributed by atoms with Crippen molar-refractivity contribution >= 4 is 22.2 Å². The number of hydrogen-bond donors (Lipinski definition) is 0. The molecule has 0 aliphatic heterocycles. The number of hydrogen-bond acceptors (Lipinski definition) is 4. The van der Waals surface area contributed by atoms with E-state index in [4.69, 9.17) is 0 Å². The summed E-state index contributed by atoms with van der Waals surface area (Å²) in [6.45, 7) is 0. The van der Waals surface area contributed by atoms with Crippen molar-refractivity contribution in [3.63, 3.8) is 0 Å². The van der Waals surface area contributed by atoms with Crippen LogP contribution in [0.3, 0.4) is 0 Å². The Balaban J connectivity index is 2.55. The molecule has 0 atom stereocenters. The van der Waals surface area contributed by atoms with Crippen molar-refractivity contribution in [2.45, 2.75) is 0 Å². The molecule has 0 saturated heterocycles. The molecule has 14 heavy (non-hydrogen) atoms. The van der Waals surface area contributed by atoms with Crippen LogP contribution in [-0.2, 0) is 0 Å². The standard InChI is InChI=1S/C8H5BrN4O/c9-8-11-5-13(12-8)7-6(4-14)2-1-3-10-7/h1-5H. The van der Waals surface area contributed by atoms with Gasteiger partial charge in [0.05, 0.1) is 5.56 Å². The highest BCUT2D eigenvalue weighted by atomic mass is 79.9. The molecule has 2 aromatic rings. The van der Waals surface area contributed by atoms with Crippen molar-refractivity contribution in [2.24, 2.45) is 0 Å². The van der Waals surface area contributed by atoms with E-state index in [1.54, 1.807) is 18.3 Å². The molecular weight excluding hydrogens is 248 g/mol. The maximum atomic E-state index is 10.7. The number of rotatable bonds is 2. The maximum absolute atomic E-state index is 10.7. The van der Waals surface area contributed by atoms with Crippen LogP contribution >= 0.6 is 15.9 Å². The molecule has 0 spiro atoms. The minimum Gasteiger partial charge on any atom is -0.298 e. The minimum absolute atomic E-state index is 0.458. The first-order valence-corrected chi connectivity index (χ1v) is 4.58. The number of carbonyl (C=O) groups excluding carboxylic acids is 1. The van der Waals surface area contributed by atoms with Crippen LogP contribution in [0.4, 0.5) is 0 Å². The predicted octanol–water partition coefficient (Wildman–Crippen LogP) is 1.24. The highest BCUT2D eigenvalue weighted by molar-refractivity contribution is 9.10. The van der Waals surface area contributed by atoms with Gasteiger partial charge in [-0.2, -0.15) is 0 Å². The first kappa shape index (κ1) is 9.01. The molecule has 6 heteroatoms. The van der Waals surface area contributed by atoms with Gasteiger partial charge in [0, 0.05) is 6.20 Å². The van der Waals surface area contributed by atoms with Crippen LogP contribution in [0, 0.1) is 0 Å². The summed E-state index contributed by atoms with van der Waals surface area (Å²) in [6, 6.07) is 3.37. The van der Waals surface area contributed by atoms with Gasteiger partial charge in [-0.15, -0.1) is 5.10 Å². The van der Waals surface area contributed by atoms with Crippen molar-refractivity contribution in [1.29, 1.82) is 0 Å². The Morgan fingerprint density at radius 3 is 2.93 bits per heavy atom. The number of aromatic nitrogens is 4. The van der Waals surface area contributed by atoms with Crippen molar-refractivity contribution in [3.8, 4) is 5.82 Å². The minimum atomic E-state index is 0.458. The smallest absolute Gasteiger partial charge is 0.217 e. The molecule has 0 aliphatic rings. The fourth-order valence-corrected chi connectivity index (χ4v) is 1.30. The van der Waals surface area contributed by atoms with Crippen LogP contribution in [-0.4, -0.2) is 26.0 Å². The molecule has 0 aromatic carbocycles. The second kappa shape index (κ2) is 3.67. The van der Waals surface area contributed by atoms with Crippen LogP contribution < -0.4 is 0 Å². The summed E-state index contributed by atoms with van der Waals surface area (Å²) < 4.78 is 1.90. The van der Waals surface area contributed by atoms with Crippen LogP contribution in [0.25, 0.3) is 5.82 Å². The molecule has 70 valence electrons. The van der Waals surface area contributed by atoms with E-state index < -0.39 is 0 Å². The number of nitrogens with zero attached hydrogens (tertiary/aromatic N) is 4. The van der Waals surface area contributed by atoms with Crippen LogP contribution in [0.5, 0.6) is 0 Å². The molecule has 2 aromatic heterocycles. The van der Waals surface area contributed by atoms with E-state index >= 15 is 0 Å². The Kier molecular flexibility index (Phi) is 2.36. The number of halogens is 1. The molecule has 0 N–H and O–H groups in total. The SMILES string of the molecule is O=Cc1cccnc1-n1cnc(Br)n1. The third-order valence-electron chi connectivity index (χ3n) is 1.62. The van der Waals surface area contributed by atoms with Crippen LogP contribution in [0.2, 0.25) is 0 Å². The third-order valence-corrected chi connectivity index (χ3v) is 1.99. The molecular formula is C8H5BrN4O. The lowest BCUT2D eigenvalue weighted by molar-refractivity contribution is 0.112. The van der Waals surface area contributed by atoms with Gasteiger partial charge in [-0.05, 0) is 28.1 Å². The van der Waals surface area contributed by atoms with E-state index in [1.807, 2.05) is 0 Å². The fraction of sp³-hybridized carbons (Fsp3) is 0. The first-order valence-electron chi connectivity index (χ1n) is 3.79. The molecule has 0 aliphatic carbocycles. The molecule has 2 heterocycles. The Labute approximate surface area is 87.9 Å². The molecule has 0 fully saturated rings. The second-order valence-corrected chi connectivity index (χ2v) is 3.20. The van der Waals surface area contributed by atoms with Crippen molar-refractivity contribution < 1.29 is 4.79 Å². The molecule has 0 saturated carbocycles. The molecule has 0 bridgehead atoms. The van der Waals surface area contributed by atoms with E-state index in [0.717, 1.165) is 6.29 Å². The van der Waals surface area contributed by atoms with Gasteiger partial charge >= 0.3 is 0 Å². The van der Waals surface area contributed by atoms with E-state index in [2.05, 4.69) is 31.0 Å². The topological polar surface area (TPSA) is 60.7 Å². The summed E-state index contributed by atoms with van der Waals surface area (Å²) in [5.74, 6) is 0.473. The monoisotopic (exact) mass is 252 g/mol. The Hall–Kier alpha value is -1.56. The normalized spacial score (nSPS) is 10.1. The van der Waals surface area contributed by atoms with Gasteiger partial charge < -0.3 is 0 Å². The maximum Gasteiger partial charge on any atom is 0.217 e. The van der Waals surface area contributed by atoms with Gasteiger partial charge in [0.25, 0.3) is 0 Å². The largest absolute Gasteiger partial charge is 0.298 e. The lowest BCUT2D eigenvalue weighted by atomic mass is 10.3. The van der Waals surface area contributed by atoms with Crippen LogP contribution in [0.1, 0.15) is 10.4 Å². The van der Waals surface area contributed by atoms with E-state index in [9.17, 15) is 4.79 Å².